The summed E-state index contributed by atoms with van der Waals surface area (Å²) < 4.78 is 6.23. The molecule has 0 bridgehead atoms. The minimum atomic E-state index is 0.411. The first kappa shape index (κ1) is 18.6. The third kappa shape index (κ3) is 5.15. The summed E-state index contributed by atoms with van der Waals surface area (Å²) in [5.41, 5.74) is 8.80. The number of hydrogen-bond donors (Lipinski definition) is 2. The van der Waals surface area contributed by atoms with Crippen molar-refractivity contribution in [2.75, 3.05) is 18.5 Å². The van der Waals surface area contributed by atoms with E-state index in [0.717, 1.165) is 43.8 Å². The number of thiophene rings is 2. The molecule has 1 saturated heterocycles. The second kappa shape index (κ2) is 8.96. The molecule has 1 fully saturated rings. The van der Waals surface area contributed by atoms with Crippen LogP contribution in [0.2, 0.25) is 5.15 Å². The lowest BCUT2D eigenvalue weighted by Crippen LogP contribution is -2.28. The lowest BCUT2D eigenvalue weighted by Gasteiger charge is -2.16. The maximum atomic E-state index is 6.07. The number of hydrogen-bond acceptors (Lipinski definition) is 6. The summed E-state index contributed by atoms with van der Waals surface area (Å²) in [6.45, 7) is 4.61. The predicted octanol–water partition coefficient (Wildman–Crippen LogP) is 5.06. The van der Waals surface area contributed by atoms with Gasteiger partial charge in [-0.15, -0.1) is 22.7 Å². The molecule has 25 heavy (non-hydrogen) atoms. The van der Waals surface area contributed by atoms with Crippen molar-refractivity contribution in [3.8, 4) is 0 Å². The SMILES string of the molecule is Cc1csc2c(NCc3cccs3)cc(Cl)nc12.NC1CCOCC1. The van der Waals surface area contributed by atoms with Crippen molar-refractivity contribution in [3.63, 3.8) is 0 Å². The van der Waals surface area contributed by atoms with Crippen LogP contribution in [0.4, 0.5) is 5.69 Å². The number of halogens is 1. The van der Waals surface area contributed by atoms with Crippen LogP contribution in [-0.2, 0) is 11.3 Å². The molecule has 134 valence electrons. The van der Waals surface area contributed by atoms with E-state index in [1.807, 2.05) is 6.07 Å². The Labute approximate surface area is 161 Å². The van der Waals surface area contributed by atoms with Gasteiger partial charge in [0, 0.05) is 36.7 Å². The van der Waals surface area contributed by atoms with Crippen molar-refractivity contribution in [1.82, 2.24) is 4.98 Å². The van der Waals surface area contributed by atoms with Gasteiger partial charge in [-0.1, -0.05) is 17.7 Å². The van der Waals surface area contributed by atoms with Crippen molar-refractivity contribution < 1.29 is 4.74 Å². The number of anilines is 1. The minimum absolute atomic E-state index is 0.411. The molecule has 3 aromatic rings. The van der Waals surface area contributed by atoms with E-state index in [9.17, 15) is 0 Å². The molecule has 1 aliphatic heterocycles. The fourth-order valence-electron chi connectivity index (χ4n) is 2.53. The van der Waals surface area contributed by atoms with Crippen LogP contribution in [-0.4, -0.2) is 24.2 Å². The smallest absolute Gasteiger partial charge is 0.131 e. The Bertz CT molecular complexity index is 798. The molecule has 0 spiro atoms. The number of aryl methyl sites for hydroxylation is 1. The average Bonchev–Trinajstić information content (AvgIpc) is 3.25. The van der Waals surface area contributed by atoms with Crippen molar-refractivity contribution in [2.45, 2.75) is 32.4 Å². The normalized spacial score (nSPS) is 15.0. The second-order valence-corrected chi connectivity index (χ2v) is 8.27. The van der Waals surface area contributed by atoms with Crippen LogP contribution >= 0.6 is 34.3 Å². The monoisotopic (exact) mass is 395 g/mol. The molecule has 3 N–H and O–H groups in total. The summed E-state index contributed by atoms with van der Waals surface area (Å²) in [6, 6.07) is 6.49. The van der Waals surface area contributed by atoms with E-state index < -0.39 is 0 Å². The van der Waals surface area contributed by atoms with Crippen LogP contribution in [0.3, 0.4) is 0 Å². The van der Waals surface area contributed by atoms with Gasteiger partial charge >= 0.3 is 0 Å². The zero-order valence-corrected chi connectivity index (χ0v) is 16.5. The number of ether oxygens (including phenoxy) is 1. The molecule has 0 atom stereocenters. The maximum absolute atomic E-state index is 6.07. The molecule has 4 heterocycles. The Hall–Kier alpha value is -1.18. The first-order valence-corrected chi connectivity index (χ1v) is 10.4. The Morgan fingerprint density at radius 2 is 2.16 bits per heavy atom. The van der Waals surface area contributed by atoms with Crippen molar-refractivity contribution in [2.24, 2.45) is 5.73 Å². The van der Waals surface area contributed by atoms with E-state index in [0.29, 0.717) is 11.2 Å². The van der Waals surface area contributed by atoms with Gasteiger partial charge in [-0.3, -0.25) is 0 Å². The fourth-order valence-corrected chi connectivity index (χ4v) is 4.36. The summed E-state index contributed by atoms with van der Waals surface area (Å²) in [6.07, 6.45) is 2.08. The third-order valence-electron chi connectivity index (χ3n) is 3.97. The second-order valence-electron chi connectivity index (χ2n) is 5.97. The van der Waals surface area contributed by atoms with Gasteiger partial charge in [-0.05, 0) is 42.2 Å². The molecule has 4 rings (SSSR count). The average molecular weight is 396 g/mol. The molecular formula is C18H22ClN3OS2. The van der Waals surface area contributed by atoms with Gasteiger partial charge < -0.3 is 15.8 Å². The highest BCUT2D eigenvalue weighted by Gasteiger charge is 2.09. The van der Waals surface area contributed by atoms with Gasteiger partial charge in [0.2, 0.25) is 0 Å². The molecular weight excluding hydrogens is 374 g/mol. The number of nitrogens with one attached hydrogen (secondary N) is 1. The number of pyridine rings is 1. The van der Waals surface area contributed by atoms with Crippen molar-refractivity contribution >= 4 is 50.2 Å². The van der Waals surface area contributed by atoms with Crippen LogP contribution < -0.4 is 11.1 Å². The number of nitrogens with zero attached hydrogens (tertiary/aromatic N) is 1. The molecule has 0 saturated carbocycles. The highest BCUT2D eigenvalue weighted by molar-refractivity contribution is 7.18. The molecule has 0 unspecified atom stereocenters. The number of nitrogens with two attached hydrogens (primary N) is 1. The predicted molar refractivity (Wildman–Crippen MR) is 109 cm³/mol. The van der Waals surface area contributed by atoms with Crippen LogP contribution in [0.1, 0.15) is 23.3 Å². The van der Waals surface area contributed by atoms with E-state index in [1.54, 1.807) is 22.7 Å². The molecule has 4 nitrogen and oxygen atoms in total. The van der Waals surface area contributed by atoms with E-state index in [4.69, 9.17) is 22.1 Å². The number of aromatic nitrogens is 1. The highest BCUT2D eigenvalue weighted by Crippen LogP contribution is 2.33. The Kier molecular flexibility index (Phi) is 6.67. The molecule has 7 heteroatoms. The van der Waals surface area contributed by atoms with Gasteiger partial charge in [0.25, 0.3) is 0 Å². The molecule has 3 aromatic heterocycles. The fraction of sp³-hybridized carbons (Fsp3) is 0.389. The van der Waals surface area contributed by atoms with E-state index in [2.05, 4.69) is 40.1 Å². The first-order chi connectivity index (χ1) is 12.1. The zero-order valence-electron chi connectivity index (χ0n) is 14.1. The van der Waals surface area contributed by atoms with Gasteiger partial charge in [0.05, 0.1) is 15.9 Å². The highest BCUT2D eigenvalue weighted by atomic mass is 35.5. The van der Waals surface area contributed by atoms with E-state index >= 15 is 0 Å². The lowest BCUT2D eigenvalue weighted by atomic mass is 10.1. The van der Waals surface area contributed by atoms with Gasteiger partial charge in [0.15, 0.2) is 0 Å². The molecule has 0 aromatic carbocycles. The van der Waals surface area contributed by atoms with Crippen LogP contribution in [0.5, 0.6) is 0 Å². The van der Waals surface area contributed by atoms with Gasteiger partial charge in [-0.25, -0.2) is 4.98 Å². The number of fused-ring (bicyclic) bond motifs is 1. The summed E-state index contributed by atoms with van der Waals surface area (Å²) in [5, 5.41) is 8.18. The minimum Gasteiger partial charge on any atom is -0.381 e. The van der Waals surface area contributed by atoms with Gasteiger partial charge in [0.1, 0.15) is 5.15 Å². The summed E-state index contributed by atoms with van der Waals surface area (Å²) in [7, 11) is 0. The van der Waals surface area contributed by atoms with E-state index in [-0.39, 0.29) is 0 Å². The molecule has 0 radical (unpaired) electrons. The lowest BCUT2D eigenvalue weighted by molar-refractivity contribution is 0.0866. The topological polar surface area (TPSA) is 60.2 Å². The largest absolute Gasteiger partial charge is 0.381 e. The molecule has 0 amide bonds. The zero-order chi connectivity index (χ0) is 17.6. The standard InChI is InChI=1S/C13H11ClN2S2.C5H11NO/c1-8-7-18-13-10(5-11(14)16-12(8)13)15-6-9-3-2-4-17-9;6-5-1-3-7-4-2-5/h2-5,7H,6H2,1H3,(H,15,16);5H,1-4,6H2. The van der Waals surface area contributed by atoms with Gasteiger partial charge in [-0.2, -0.15) is 0 Å². The number of rotatable bonds is 3. The van der Waals surface area contributed by atoms with Crippen LogP contribution in [0.25, 0.3) is 10.2 Å². The summed E-state index contributed by atoms with van der Waals surface area (Å²) >= 11 is 9.52. The van der Waals surface area contributed by atoms with Crippen molar-refractivity contribution in [1.29, 1.82) is 0 Å². The summed E-state index contributed by atoms with van der Waals surface area (Å²) in [5.74, 6) is 0. The maximum Gasteiger partial charge on any atom is 0.131 e. The Morgan fingerprint density at radius 1 is 1.36 bits per heavy atom. The third-order valence-corrected chi connectivity index (χ3v) is 6.16. The Balaban J connectivity index is 0.000000219. The quantitative estimate of drug-likeness (QED) is 0.609. The van der Waals surface area contributed by atoms with Crippen LogP contribution in [0.15, 0.2) is 29.0 Å². The summed E-state index contributed by atoms with van der Waals surface area (Å²) in [4.78, 5) is 5.69. The Morgan fingerprint density at radius 3 is 2.80 bits per heavy atom. The van der Waals surface area contributed by atoms with Crippen LogP contribution in [0, 0.1) is 6.92 Å². The first-order valence-electron chi connectivity index (χ1n) is 8.27. The van der Waals surface area contributed by atoms with E-state index in [1.165, 1.54) is 15.1 Å². The van der Waals surface area contributed by atoms with Crippen molar-refractivity contribution in [3.05, 3.63) is 44.6 Å². The molecule has 0 aliphatic carbocycles. The molecule has 1 aliphatic rings.